The predicted molar refractivity (Wildman–Crippen MR) is 130 cm³/mol. The average molecular weight is 485 g/mol. The molecule has 2 aliphatic rings. The molecule has 0 aliphatic carbocycles. The second kappa shape index (κ2) is 7.99. The van der Waals surface area contributed by atoms with Crippen molar-refractivity contribution in [2.24, 2.45) is 7.05 Å². The molecule has 4 heterocycles. The highest BCUT2D eigenvalue weighted by molar-refractivity contribution is 7.93. The third-order valence-electron chi connectivity index (χ3n) is 6.77. The summed E-state index contributed by atoms with van der Waals surface area (Å²) >= 11 is 1.34. The van der Waals surface area contributed by atoms with Crippen LogP contribution in [0.1, 0.15) is 46.4 Å². The summed E-state index contributed by atoms with van der Waals surface area (Å²) in [5, 5.41) is 0.664. The highest BCUT2D eigenvalue weighted by atomic mass is 32.2. The van der Waals surface area contributed by atoms with Crippen LogP contribution in [0, 0.1) is 13.8 Å². The van der Waals surface area contributed by atoms with Gasteiger partial charge in [-0.1, -0.05) is 18.2 Å². The summed E-state index contributed by atoms with van der Waals surface area (Å²) in [7, 11) is -1.91. The molecule has 1 amide bonds. The minimum absolute atomic E-state index is 0.0232. The number of hydrogen-bond donors (Lipinski definition) is 0. The van der Waals surface area contributed by atoms with E-state index in [0.29, 0.717) is 33.4 Å². The van der Waals surface area contributed by atoms with E-state index < -0.39 is 10.0 Å². The van der Waals surface area contributed by atoms with Gasteiger partial charge in [0.1, 0.15) is 14.8 Å². The maximum absolute atomic E-state index is 13.8. The number of nitrogens with zero attached hydrogens (tertiary/aromatic N) is 4. The first-order valence-electron chi connectivity index (χ1n) is 11.3. The van der Waals surface area contributed by atoms with Gasteiger partial charge in [0.2, 0.25) is 0 Å². The lowest BCUT2D eigenvalue weighted by molar-refractivity contribution is 0.0796. The second-order valence-corrected chi connectivity index (χ2v) is 11.7. The molecule has 1 aromatic carbocycles. The van der Waals surface area contributed by atoms with Crippen LogP contribution in [0.3, 0.4) is 0 Å². The van der Waals surface area contributed by atoms with Gasteiger partial charge in [0.05, 0.1) is 17.1 Å². The molecule has 174 valence electrons. The van der Waals surface area contributed by atoms with Crippen LogP contribution in [-0.2, 0) is 23.5 Å². The van der Waals surface area contributed by atoms with Crippen LogP contribution in [0.2, 0.25) is 0 Å². The summed E-state index contributed by atoms with van der Waals surface area (Å²) in [5.74, 6) is 0.0232. The molecule has 0 spiro atoms. The van der Waals surface area contributed by atoms with Crippen LogP contribution < -0.4 is 4.31 Å². The molecule has 1 saturated heterocycles. The standard InChI is InChI=1S/C24H28N4O3S2/c1-15-13-18-9-5-6-10-19(18)28(15)33(30,31)21-14-20(26(4)17(21)3)23-25-16(2)22(32-23)24(29)27-11-7-8-12-27/h5-6,9-10,14-15H,7-8,11-13H2,1-4H3/t15-/m0/s1. The third-order valence-corrected chi connectivity index (χ3v) is 9.99. The van der Waals surface area contributed by atoms with E-state index in [0.717, 1.165) is 37.2 Å². The van der Waals surface area contributed by atoms with E-state index in [-0.39, 0.29) is 16.8 Å². The first-order valence-corrected chi connectivity index (χ1v) is 13.5. The van der Waals surface area contributed by atoms with Crippen molar-refractivity contribution in [1.82, 2.24) is 14.5 Å². The topological polar surface area (TPSA) is 75.5 Å². The van der Waals surface area contributed by atoms with Crippen LogP contribution in [0.15, 0.2) is 35.2 Å². The normalized spacial score (nSPS) is 18.2. The largest absolute Gasteiger partial charge is 0.345 e. The van der Waals surface area contributed by atoms with Crippen molar-refractivity contribution in [2.45, 2.75) is 51.0 Å². The zero-order valence-corrected chi connectivity index (χ0v) is 21.0. The van der Waals surface area contributed by atoms with Crippen molar-refractivity contribution in [2.75, 3.05) is 17.4 Å². The number of rotatable bonds is 4. The van der Waals surface area contributed by atoms with Gasteiger partial charge in [0.25, 0.3) is 15.9 Å². The number of carbonyl (C=O) groups excluding carboxylic acids is 1. The molecule has 0 bridgehead atoms. The summed E-state index contributed by atoms with van der Waals surface area (Å²) < 4.78 is 31.0. The Morgan fingerprint density at radius 3 is 2.58 bits per heavy atom. The number of para-hydroxylation sites is 1. The Balaban J connectivity index is 1.54. The third kappa shape index (κ3) is 3.49. The Bertz CT molecular complexity index is 1350. The highest BCUT2D eigenvalue weighted by Gasteiger charge is 2.38. The number of amides is 1. The number of fused-ring (bicyclic) bond motifs is 1. The fourth-order valence-corrected chi connectivity index (χ4v) is 7.97. The van der Waals surface area contributed by atoms with E-state index in [9.17, 15) is 13.2 Å². The molecule has 2 aliphatic heterocycles. The van der Waals surface area contributed by atoms with Crippen LogP contribution >= 0.6 is 11.3 Å². The summed E-state index contributed by atoms with van der Waals surface area (Å²) in [6.45, 7) is 7.18. The van der Waals surface area contributed by atoms with Gasteiger partial charge >= 0.3 is 0 Å². The van der Waals surface area contributed by atoms with E-state index in [2.05, 4.69) is 4.98 Å². The summed E-state index contributed by atoms with van der Waals surface area (Å²) in [5.41, 5.74) is 3.85. The Labute approximate surface area is 198 Å². The van der Waals surface area contributed by atoms with Gasteiger partial charge in [-0.05, 0) is 57.7 Å². The summed E-state index contributed by atoms with van der Waals surface area (Å²) in [6.07, 6.45) is 2.77. The Kier molecular flexibility index (Phi) is 5.36. The SMILES string of the molecule is Cc1nc(-c2cc(S(=O)(=O)N3c4ccccc4C[C@@H]3C)c(C)n2C)sc1C(=O)N1CCCC1. The van der Waals surface area contributed by atoms with Crippen LogP contribution in [0.25, 0.3) is 10.7 Å². The zero-order valence-electron chi connectivity index (χ0n) is 19.3. The van der Waals surface area contributed by atoms with Crippen molar-refractivity contribution in [1.29, 1.82) is 0 Å². The smallest absolute Gasteiger partial charge is 0.266 e. The molecule has 2 aromatic heterocycles. The molecule has 1 fully saturated rings. The number of aryl methyl sites for hydroxylation is 1. The van der Waals surface area contributed by atoms with E-state index >= 15 is 0 Å². The van der Waals surface area contributed by atoms with E-state index in [1.165, 1.54) is 11.3 Å². The number of hydrogen-bond acceptors (Lipinski definition) is 5. The lowest BCUT2D eigenvalue weighted by Gasteiger charge is -2.24. The minimum Gasteiger partial charge on any atom is -0.345 e. The van der Waals surface area contributed by atoms with Crippen molar-refractivity contribution in [3.05, 3.63) is 52.2 Å². The van der Waals surface area contributed by atoms with Crippen molar-refractivity contribution >= 4 is 33.0 Å². The molecule has 5 rings (SSSR count). The molecule has 9 heteroatoms. The van der Waals surface area contributed by atoms with Gasteiger partial charge in [0, 0.05) is 31.9 Å². The molecular formula is C24H28N4O3S2. The van der Waals surface area contributed by atoms with Crippen molar-refractivity contribution in [3.63, 3.8) is 0 Å². The lowest BCUT2D eigenvalue weighted by atomic mass is 10.1. The van der Waals surface area contributed by atoms with E-state index in [1.54, 1.807) is 10.4 Å². The minimum atomic E-state index is -3.76. The number of sulfonamides is 1. The Morgan fingerprint density at radius 1 is 1.15 bits per heavy atom. The van der Waals surface area contributed by atoms with E-state index in [4.69, 9.17) is 0 Å². The molecule has 1 atom stereocenters. The summed E-state index contributed by atoms with van der Waals surface area (Å²) in [6, 6.07) is 9.24. The molecule has 7 nitrogen and oxygen atoms in total. The van der Waals surface area contributed by atoms with Crippen molar-refractivity contribution < 1.29 is 13.2 Å². The molecule has 0 saturated carbocycles. The maximum atomic E-state index is 13.8. The Hall–Kier alpha value is -2.65. The molecule has 0 unspecified atom stereocenters. The predicted octanol–water partition coefficient (Wildman–Crippen LogP) is 4.14. The van der Waals surface area contributed by atoms with Gasteiger partial charge in [0.15, 0.2) is 0 Å². The van der Waals surface area contributed by atoms with Gasteiger partial charge in [-0.2, -0.15) is 0 Å². The fraction of sp³-hybridized carbons (Fsp3) is 0.417. The fourth-order valence-electron chi connectivity index (χ4n) is 4.92. The first-order chi connectivity index (χ1) is 15.7. The average Bonchev–Trinajstić information content (AvgIpc) is 3.54. The second-order valence-electron chi connectivity index (χ2n) is 8.95. The zero-order chi connectivity index (χ0) is 23.5. The molecular weight excluding hydrogens is 456 g/mol. The number of likely N-dealkylation sites (tertiary alicyclic amines) is 1. The number of thiazole rings is 1. The Morgan fingerprint density at radius 2 is 1.85 bits per heavy atom. The molecule has 0 N–H and O–H groups in total. The number of benzene rings is 1. The van der Waals surface area contributed by atoms with Gasteiger partial charge < -0.3 is 9.47 Å². The van der Waals surface area contributed by atoms with Gasteiger partial charge in [-0.3, -0.25) is 9.10 Å². The van der Waals surface area contributed by atoms with Crippen LogP contribution in [-0.4, -0.2) is 47.9 Å². The quantitative estimate of drug-likeness (QED) is 0.558. The molecule has 0 radical (unpaired) electrons. The first kappa shape index (κ1) is 22.2. The van der Waals surface area contributed by atoms with E-state index in [1.807, 2.05) is 61.6 Å². The van der Waals surface area contributed by atoms with Crippen molar-refractivity contribution in [3.8, 4) is 10.7 Å². The summed E-state index contributed by atoms with van der Waals surface area (Å²) in [4.78, 5) is 20.4. The highest BCUT2D eigenvalue weighted by Crippen LogP contribution is 2.39. The molecule has 33 heavy (non-hydrogen) atoms. The molecule has 3 aromatic rings. The lowest BCUT2D eigenvalue weighted by Crippen LogP contribution is -2.35. The maximum Gasteiger partial charge on any atom is 0.266 e. The van der Waals surface area contributed by atoms with Crippen LogP contribution in [0.4, 0.5) is 5.69 Å². The number of anilines is 1. The van der Waals surface area contributed by atoms with Gasteiger partial charge in [-0.25, -0.2) is 13.4 Å². The van der Waals surface area contributed by atoms with Gasteiger partial charge in [-0.15, -0.1) is 11.3 Å². The number of aromatic nitrogens is 2. The monoisotopic (exact) mass is 484 g/mol. The number of carbonyl (C=O) groups is 1. The van der Waals surface area contributed by atoms with Crippen LogP contribution in [0.5, 0.6) is 0 Å².